The maximum absolute atomic E-state index is 10.9. The number of nitrogens with one attached hydrogen (secondary N) is 1. The molecule has 0 saturated carbocycles. The quantitative estimate of drug-likeness (QED) is 0.779. The van der Waals surface area contributed by atoms with Crippen LogP contribution in [-0.2, 0) is 11.3 Å². The molecule has 1 aromatic rings. The number of hydrogen-bond acceptors (Lipinski definition) is 3. The minimum Gasteiger partial charge on any atom is -0.478 e. The van der Waals surface area contributed by atoms with E-state index >= 15 is 0 Å². The molecule has 1 aromatic carbocycles. The highest BCUT2D eigenvalue weighted by atomic mass is 16.5. The SMILES string of the molecule is COCC(NCc1cccc(C(=O)O)c1)C(C)C. The van der Waals surface area contributed by atoms with Crippen LogP contribution in [-0.4, -0.2) is 30.8 Å². The Hall–Kier alpha value is -1.39. The third-order valence-corrected chi connectivity index (χ3v) is 2.89. The zero-order valence-electron chi connectivity index (χ0n) is 11.1. The summed E-state index contributed by atoms with van der Waals surface area (Å²) in [7, 11) is 1.68. The maximum atomic E-state index is 10.9. The van der Waals surface area contributed by atoms with Gasteiger partial charge in [0.2, 0.25) is 0 Å². The van der Waals surface area contributed by atoms with E-state index in [1.807, 2.05) is 6.07 Å². The van der Waals surface area contributed by atoms with Crippen molar-refractivity contribution in [2.45, 2.75) is 26.4 Å². The highest BCUT2D eigenvalue weighted by molar-refractivity contribution is 5.87. The van der Waals surface area contributed by atoms with Crippen LogP contribution in [0.25, 0.3) is 0 Å². The van der Waals surface area contributed by atoms with E-state index in [2.05, 4.69) is 19.2 Å². The second kappa shape index (κ2) is 7.13. The number of rotatable bonds is 7. The monoisotopic (exact) mass is 251 g/mol. The molecule has 1 rings (SSSR count). The highest BCUT2D eigenvalue weighted by Gasteiger charge is 2.12. The van der Waals surface area contributed by atoms with E-state index in [4.69, 9.17) is 9.84 Å². The Morgan fingerprint density at radius 3 is 2.72 bits per heavy atom. The van der Waals surface area contributed by atoms with Gasteiger partial charge in [0.15, 0.2) is 0 Å². The van der Waals surface area contributed by atoms with Crippen molar-refractivity contribution < 1.29 is 14.6 Å². The van der Waals surface area contributed by atoms with Crippen LogP contribution in [0.2, 0.25) is 0 Å². The molecule has 0 aliphatic rings. The first-order valence-corrected chi connectivity index (χ1v) is 6.09. The molecule has 0 heterocycles. The van der Waals surface area contributed by atoms with Gasteiger partial charge < -0.3 is 15.2 Å². The summed E-state index contributed by atoms with van der Waals surface area (Å²) >= 11 is 0. The summed E-state index contributed by atoms with van der Waals surface area (Å²) in [6, 6.07) is 7.24. The second-order valence-electron chi connectivity index (χ2n) is 4.69. The predicted molar refractivity (Wildman–Crippen MR) is 70.7 cm³/mol. The predicted octanol–water partition coefficient (Wildman–Crippen LogP) is 2.15. The Labute approximate surface area is 108 Å². The van der Waals surface area contributed by atoms with Crippen LogP contribution in [0.15, 0.2) is 24.3 Å². The second-order valence-corrected chi connectivity index (χ2v) is 4.69. The summed E-state index contributed by atoms with van der Waals surface area (Å²) in [5, 5.41) is 12.3. The van der Waals surface area contributed by atoms with Crippen LogP contribution in [0, 0.1) is 5.92 Å². The molecular weight excluding hydrogens is 230 g/mol. The smallest absolute Gasteiger partial charge is 0.335 e. The number of carboxylic acids is 1. The molecule has 4 nitrogen and oxygen atoms in total. The van der Waals surface area contributed by atoms with Gasteiger partial charge in [-0.2, -0.15) is 0 Å². The number of carbonyl (C=O) groups is 1. The number of carboxylic acid groups (broad SMARTS) is 1. The van der Waals surface area contributed by atoms with E-state index in [9.17, 15) is 4.79 Å². The summed E-state index contributed by atoms with van der Waals surface area (Å²) in [6.45, 7) is 5.55. The molecule has 0 amide bonds. The standard InChI is InChI=1S/C14H21NO3/c1-10(2)13(9-18-3)15-8-11-5-4-6-12(7-11)14(16)17/h4-7,10,13,15H,8-9H2,1-3H3,(H,16,17). The number of benzene rings is 1. The van der Waals surface area contributed by atoms with Crippen molar-refractivity contribution in [3.8, 4) is 0 Å². The zero-order chi connectivity index (χ0) is 13.5. The van der Waals surface area contributed by atoms with Gasteiger partial charge in [-0.25, -0.2) is 4.79 Å². The van der Waals surface area contributed by atoms with Gasteiger partial charge >= 0.3 is 5.97 Å². The van der Waals surface area contributed by atoms with Gasteiger partial charge in [-0.15, -0.1) is 0 Å². The number of hydrogen-bond donors (Lipinski definition) is 2. The average Bonchev–Trinajstić information content (AvgIpc) is 2.34. The van der Waals surface area contributed by atoms with E-state index in [0.717, 1.165) is 5.56 Å². The van der Waals surface area contributed by atoms with E-state index in [0.29, 0.717) is 24.6 Å². The fourth-order valence-electron chi connectivity index (χ4n) is 1.73. The van der Waals surface area contributed by atoms with Crippen molar-refractivity contribution >= 4 is 5.97 Å². The Morgan fingerprint density at radius 1 is 1.44 bits per heavy atom. The minimum absolute atomic E-state index is 0.267. The molecular formula is C14H21NO3. The van der Waals surface area contributed by atoms with Crippen molar-refractivity contribution in [2.75, 3.05) is 13.7 Å². The minimum atomic E-state index is -0.894. The molecule has 1 unspecified atom stereocenters. The first-order valence-electron chi connectivity index (χ1n) is 6.09. The van der Waals surface area contributed by atoms with Crippen LogP contribution in [0.1, 0.15) is 29.8 Å². The number of ether oxygens (including phenoxy) is 1. The van der Waals surface area contributed by atoms with Crippen LogP contribution in [0.4, 0.5) is 0 Å². The third-order valence-electron chi connectivity index (χ3n) is 2.89. The fraction of sp³-hybridized carbons (Fsp3) is 0.500. The lowest BCUT2D eigenvalue weighted by molar-refractivity contribution is 0.0696. The highest BCUT2D eigenvalue weighted by Crippen LogP contribution is 2.07. The fourth-order valence-corrected chi connectivity index (χ4v) is 1.73. The molecule has 2 N–H and O–H groups in total. The molecule has 0 saturated heterocycles. The van der Waals surface area contributed by atoms with E-state index < -0.39 is 5.97 Å². The van der Waals surface area contributed by atoms with Crippen molar-refractivity contribution in [3.63, 3.8) is 0 Å². The summed E-state index contributed by atoms with van der Waals surface area (Å²) in [6.07, 6.45) is 0. The van der Waals surface area contributed by atoms with Crippen molar-refractivity contribution in [2.24, 2.45) is 5.92 Å². The van der Waals surface area contributed by atoms with Gasteiger partial charge in [-0.3, -0.25) is 0 Å². The van der Waals surface area contributed by atoms with Crippen LogP contribution < -0.4 is 5.32 Å². The van der Waals surface area contributed by atoms with Crippen LogP contribution >= 0.6 is 0 Å². The van der Waals surface area contributed by atoms with Crippen molar-refractivity contribution in [1.82, 2.24) is 5.32 Å². The van der Waals surface area contributed by atoms with Gasteiger partial charge in [-0.05, 0) is 23.6 Å². The zero-order valence-corrected chi connectivity index (χ0v) is 11.1. The van der Waals surface area contributed by atoms with Crippen molar-refractivity contribution in [1.29, 1.82) is 0 Å². The molecule has 18 heavy (non-hydrogen) atoms. The van der Waals surface area contributed by atoms with E-state index in [-0.39, 0.29) is 6.04 Å². The topological polar surface area (TPSA) is 58.6 Å². The lowest BCUT2D eigenvalue weighted by Gasteiger charge is -2.21. The first kappa shape index (κ1) is 14.7. The largest absolute Gasteiger partial charge is 0.478 e. The summed E-state index contributed by atoms with van der Waals surface area (Å²) < 4.78 is 5.16. The Balaban J connectivity index is 2.61. The lowest BCUT2D eigenvalue weighted by atomic mass is 10.0. The van der Waals surface area contributed by atoms with Crippen molar-refractivity contribution in [3.05, 3.63) is 35.4 Å². The molecule has 0 aromatic heterocycles. The van der Waals surface area contributed by atoms with Crippen LogP contribution in [0.3, 0.4) is 0 Å². The molecule has 0 fully saturated rings. The normalized spacial score (nSPS) is 12.7. The summed E-state index contributed by atoms with van der Waals surface area (Å²) in [5.41, 5.74) is 1.29. The van der Waals surface area contributed by atoms with Crippen LogP contribution in [0.5, 0.6) is 0 Å². The Kier molecular flexibility index (Phi) is 5.82. The van der Waals surface area contributed by atoms with E-state index in [1.165, 1.54) is 0 Å². The summed E-state index contributed by atoms with van der Waals surface area (Å²) in [4.78, 5) is 10.9. The molecule has 0 bridgehead atoms. The third kappa shape index (κ3) is 4.47. The number of methoxy groups -OCH3 is 1. The molecule has 4 heteroatoms. The van der Waals surface area contributed by atoms with Gasteiger partial charge in [0.05, 0.1) is 12.2 Å². The van der Waals surface area contributed by atoms with Gasteiger partial charge in [0.1, 0.15) is 0 Å². The van der Waals surface area contributed by atoms with E-state index in [1.54, 1.807) is 25.3 Å². The lowest BCUT2D eigenvalue weighted by Crippen LogP contribution is -2.37. The summed E-state index contributed by atoms with van der Waals surface area (Å²) in [5.74, 6) is -0.429. The maximum Gasteiger partial charge on any atom is 0.335 e. The molecule has 0 aliphatic heterocycles. The first-order chi connectivity index (χ1) is 8.54. The van der Waals surface area contributed by atoms with Gasteiger partial charge in [0.25, 0.3) is 0 Å². The molecule has 0 aliphatic carbocycles. The Bertz CT molecular complexity index is 390. The average molecular weight is 251 g/mol. The Morgan fingerprint density at radius 2 is 2.17 bits per heavy atom. The molecule has 0 radical (unpaired) electrons. The van der Waals surface area contributed by atoms with Gasteiger partial charge in [-0.1, -0.05) is 26.0 Å². The molecule has 1 atom stereocenters. The number of aromatic carboxylic acids is 1. The van der Waals surface area contributed by atoms with Gasteiger partial charge in [0, 0.05) is 19.7 Å². The molecule has 100 valence electrons. The molecule has 0 spiro atoms.